The molecule has 0 bridgehead atoms. The van der Waals surface area contributed by atoms with E-state index in [-0.39, 0.29) is 5.91 Å². The average molecular weight is 338 g/mol. The third kappa shape index (κ3) is 4.56. The number of hydrogen-bond acceptors (Lipinski definition) is 4. The molecule has 5 nitrogen and oxygen atoms in total. The molecule has 1 saturated heterocycles. The van der Waals surface area contributed by atoms with E-state index in [2.05, 4.69) is 39.2 Å². The van der Waals surface area contributed by atoms with Crippen molar-refractivity contribution in [1.29, 1.82) is 0 Å². The van der Waals surface area contributed by atoms with Gasteiger partial charge in [0.05, 0.1) is 0 Å². The van der Waals surface area contributed by atoms with Crippen LogP contribution in [0.1, 0.15) is 48.7 Å². The molecule has 1 amide bonds. The smallest absolute Gasteiger partial charge is 0.270 e. The second-order valence-electron chi connectivity index (χ2n) is 6.48. The molecule has 1 aromatic carbocycles. The van der Waals surface area contributed by atoms with Gasteiger partial charge in [0.2, 0.25) is 5.95 Å². The minimum absolute atomic E-state index is 0.135. The van der Waals surface area contributed by atoms with E-state index in [4.69, 9.17) is 0 Å². The largest absolute Gasteiger partial charge is 0.350 e. The minimum Gasteiger partial charge on any atom is -0.350 e. The first-order valence-corrected chi connectivity index (χ1v) is 9.19. The van der Waals surface area contributed by atoms with Crippen LogP contribution >= 0.6 is 0 Å². The highest BCUT2D eigenvalue weighted by atomic mass is 16.1. The maximum Gasteiger partial charge on any atom is 0.270 e. The van der Waals surface area contributed by atoms with Gasteiger partial charge in [-0.3, -0.25) is 4.79 Å². The zero-order valence-electron chi connectivity index (χ0n) is 14.8. The Morgan fingerprint density at radius 2 is 2.08 bits per heavy atom. The topological polar surface area (TPSA) is 58.1 Å². The van der Waals surface area contributed by atoms with Crippen molar-refractivity contribution in [1.82, 2.24) is 15.3 Å². The van der Waals surface area contributed by atoms with Gasteiger partial charge in [0, 0.05) is 25.3 Å². The number of nitrogens with one attached hydrogen (secondary N) is 1. The summed E-state index contributed by atoms with van der Waals surface area (Å²) in [5.74, 6) is 0.548. The molecule has 25 heavy (non-hydrogen) atoms. The molecule has 5 heteroatoms. The number of hydrogen-bond donors (Lipinski definition) is 1. The summed E-state index contributed by atoms with van der Waals surface area (Å²) in [6.45, 7) is 3.77. The van der Waals surface area contributed by atoms with E-state index in [1.54, 1.807) is 12.3 Å². The maximum absolute atomic E-state index is 12.4. The average Bonchev–Trinajstić information content (AvgIpc) is 2.69. The first kappa shape index (κ1) is 17.4. The van der Waals surface area contributed by atoms with Crippen LogP contribution < -0.4 is 10.2 Å². The van der Waals surface area contributed by atoms with Crippen molar-refractivity contribution in [2.24, 2.45) is 0 Å². The highest BCUT2D eigenvalue weighted by Gasteiger charge is 2.23. The third-order valence-corrected chi connectivity index (χ3v) is 4.77. The summed E-state index contributed by atoms with van der Waals surface area (Å²) < 4.78 is 0. The van der Waals surface area contributed by atoms with E-state index in [0.29, 0.717) is 24.2 Å². The van der Waals surface area contributed by atoms with Crippen molar-refractivity contribution in [3.63, 3.8) is 0 Å². The van der Waals surface area contributed by atoms with Gasteiger partial charge < -0.3 is 10.2 Å². The van der Waals surface area contributed by atoms with Gasteiger partial charge in [-0.05, 0) is 43.7 Å². The van der Waals surface area contributed by atoms with Crippen molar-refractivity contribution in [2.75, 3.05) is 18.0 Å². The Bertz CT molecular complexity index is 689. The first-order chi connectivity index (χ1) is 12.3. The summed E-state index contributed by atoms with van der Waals surface area (Å²) in [4.78, 5) is 23.6. The summed E-state index contributed by atoms with van der Waals surface area (Å²) >= 11 is 0. The Labute approximate surface area is 149 Å². The monoisotopic (exact) mass is 338 g/mol. The van der Waals surface area contributed by atoms with Gasteiger partial charge in [-0.1, -0.05) is 37.3 Å². The van der Waals surface area contributed by atoms with Gasteiger partial charge in [0.25, 0.3) is 5.91 Å². The van der Waals surface area contributed by atoms with Crippen molar-refractivity contribution < 1.29 is 4.79 Å². The summed E-state index contributed by atoms with van der Waals surface area (Å²) in [5.41, 5.74) is 1.66. The van der Waals surface area contributed by atoms with Crippen LogP contribution in [-0.2, 0) is 6.42 Å². The number of carbonyl (C=O) groups excluding carboxylic acids is 1. The predicted octanol–water partition coefficient (Wildman–Crippen LogP) is 3.22. The van der Waals surface area contributed by atoms with Gasteiger partial charge >= 0.3 is 0 Å². The van der Waals surface area contributed by atoms with Crippen LogP contribution in [0.4, 0.5) is 5.95 Å². The van der Waals surface area contributed by atoms with Gasteiger partial charge in [-0.15, -0.1) is 0 Å². The van der Waals surface area contributed by atoms with Crippen LogP contribution in [0.5, 0.6) is 0 Å². The van der Waals surface area contributed by atoms with Crippen molar-refractivity contribution in [3.8, 4) is 0 Å². The maximum atomic E-state index is 12.4. The number of carbonyl (C=O) groups is 1. The number of nitrogens with zero attached hydrogens (tertiary/aromatic N) is 3. The van der Waals surface area contributed by atoms with E-state index >= 15 is 0 Å². The van der Waals surface area contributed by atoms with Crippen molar-refractivity contribution in [2.45, 2.75) is 45.1 Å². The molecule has 1 atom stereocenters. The summed E-state index contributed by atoms with van der Waals surface area (Å²) in [6, 6.07) is 12.3. The lowest BCUT2D eigenvalue weighted by Crippen LogP contribution is -2.40. The molecule has 132 valence electrons. The predicted molar refractivity (Wildman–Crippen MR) is 99.8 cm³/mol. The number of anilines is 1. The van der Waals surface area contributed by atoms with Crippen molar-refractivity contribution in [3.05, 3.63) is 53.9 Å². The molecule has 2 heterocycles. The zero-order valence-corrected chi connectivity index (χ0v) is 14.8. The van der Waals surface area contributed by atoms with Gasteiger partial charge in [-0.25, -0.2) is 9.97 Å². The fourth-order valence-electron chi connectivity index (χ4n) is 3.36. The number of piperidine rings is 1. The van der Waals surface area contributed by atoms with Crippen molar-refractivity contribution >= 4 is 11.9 Å². The van der Waals surface area contributed by atoms with Gasteiger partial charge in [-0.2, -0.15) is 0 Å². The lowest BCUT2D eigenvalue weighted by molar-refractivity contribution is 0.0949. The molecular weight excluding hydrogens is 312 g/mol. The molecule has 2 aromatic rings. The number of rotatable bonds is 6. The highest BCUT2D eigenvalue weighted by molar-refractivity contribution is 5.92. The molecule has 1 aromatic heterocycles. The van der Waals surface area contributed by atoms with Gasteiger partial charge in [0.15, 0.2) is 0 Å². The Hall–Kier alpha value is -2.43. The molecule has 1 aliphatic heterocycles. The van der Waals surface area contributed by atoms with Gasteiger partial charge in [0.1, 0.15) is 5.69 Å². The molecular formula is C20H26N4O. The van der Waals surface area contributed by atoms with Crippen LogP contribution in [0.3, 0.4) is 0 Å². The normalized spacial score (nSPS) is 17.3. The summed E-state index contributed by atoms with van der Waals surface area (Å²) in [7, 11) is 0. The SMILES string of the molecule is CCC1CCCCN1c1nccc(C(=O)NCCc2ccccc2)n1. The second kappa shape index (κ2) is 8.60. The van der Waals surface area contributed by atoms with E-state index in [1.807, 2.05) is 18.2 Å². The molecule has 1 unspecified atom stereocenters. The Balaban J connectivity index is 1.61. The first-order valence-electron chi connectivity index (χ1n) is 9.19. The quantitative estimate of drug-likeness (QED) is 0.878. The molecule has 0 saturated carbocycles. The fraction of sp³-hybridized carbons (Fsp3) is 0.450. The summed E-state index contributed by atoms with van der Waals surface area (Å²) in [6.07, 6.45) is 7.18. The number of aromatic nitrogens is 2. The Kier molecular flexibility index (Phi) is 5.99. The van der Waals surface area contributed by atoms with Crippen LogP contribution in [0, 0.1) is 0 Å². The molecule has 1 N–H and O–H groups in total. The van der Waals surface area contributed by atoms with Crippen LogP contribution in [0.25, 0.3) is 0 Å². The lowest BCUT2D eigenvalue weighted by Gasteiger charge is -2.35. The van der Waals surface area contributed by atoms with E-state index in [9.17, 15) is 4.79 Å². The standard InChI is InChI=1S/C20H26N4O/c1-2-17-10-6-7-15-24(17)20-22-14-12-18(23-20)19(25)21-13-11-16-8-4-3-5-9-16/h3-5,8-9,12,14,17H,2,6-7,10-11,13,15H2,1H3,(H,21,25). The Morgan fingerprint density at radius 1 is 1.24 bits per heavy atom. The Morgan fingerprint density at radius 3 is 2.88 bits per heavy atom. The number of benzene rings is 1. The van der Waals surface area contributed by atoms with Crippen LogP contribution in [0.15, 0.2) is 42.6 Å². The highest BCUT2D eigenvalue weighted by Crippen LogP contribution is 2.23. The second-order valence-corrected chi connectivity index (χ2v) is 6.48. The van der Waals surface area contributed by atoms with Crippen LogP contribution in [0.2, 0.25) is 0 Å². The molecule has 0 aliphatic carbocycles. The third-order valence-electron chi connectivity index (χ3n) is 4.77. The molecule has 1 aliphatic rings. The fourth-order valence-corrected chi connectivity index (χ4v) is 3.36. The molecule has 0 spiro atoms. The zero-order chi connectivity index (χ0) is 17.5. The minimum atomic E-state index is -0.135. The molecule has 1 fully saturated rings. The lowest BCUT2D eigenvalue weighted by atomic mass is 10.0. The van der Waals surface area contributed by atoms with E-state index < -0.39 is 0 Å². The molecule has 0 radical (unpaired) electrons. The molecule has 3 rings (SSSR count). The summed E-state index contributed by atoms with van der Waals surface area (Å²) in [5, 5.41) is 2.96. The van der Waals surface area contributed by atoms with E-state index in [1.165, 1.54) is 18.4 Å². The van der Waals surface area contributed by atoms with Crippen LogP contribution in [-0.4, -0.2) is 35.0 Å². The van der Waals surface area contributed by atoms with E-state index in [0.717, 1.165) is 25.8 Å². The number of amides is 1.